The van der Waals surface area contributed by atoms with Gasteiger partial charge >= 0.3 is 11.9 Å². The highest BCUT2D eigenvalue weighted by atomic mass is 31.2. The van der Waals surface area contributed by atoms with Crippen molar-refractivity contribution >= 4 is 19.8 Å². The zero-order chi connectivity index (χ0) is 61.2. The highest BCUT2D eigenvalue weighted by Gasteiger charge is 2.22. The Morgan fingerprint density at radius 3 is 1.01 bits per heavy atom. The summed E-state index contributed by atoms with van der Waals surface area (Å²) in [5.74, 6) is -0.831. The van der Waals surface area contributed by atoms with Gasteiger partial charge in [0, 0.05) is 12.8 Å². The van der Waals surface area contributed by atoms with Crippen molar-refractivity contribution in [1.29, 1.82) is 0 Å². The molecule has 0 aromatic rings. The van der Waals surface area contributed by atoms with Gasteiger partial charge in [-0.05, 0) is 83.5 Å². The maximum Gasteiger partial charge on any atom is 0.306 e. The van der Waals surface area contributed by atoms with E-state index >= 15 is 0 Å². The molecule has 0 saturated carbocycles. The lowest BCUT2D eigenvalue weighted by atomic mass is 10.0. The van der Waals surface area contributed by atoms with Crippen LogP contribution in [0, 0.1) is 0 Å². The Bertz CT molecular complexity index is 1650. The molecule has 2 unspecified atom stereocenters. The number of likely N-dealkylation sites (N-methyl/N-ethyl adjacent to an activating group) is 1. The van der Waals surface area contributed by atoms with Crippen molar-refractivity contribution in [1.82, 2.24) is 0 Å². The molecule has 0 spiro atoms. The highest BCUT2D eigenvalue weighted by Crippen LogP contribution is 2.38. The summed E-state index contributed by atoms with van der Waals surface area (Å²) in [5.41, 5.74) is 0. The number of phosphoric acid groups is 1. The monoisotopic (exact) mass is 1200 g/mol. The number of carbonyl (C=O) groups is 2. The molecule has 0 fully saturated rings. The molecule has 0 amide bonds. The van der Waals surface area contributed by atoms with Crippen LogP contribution in [-0.2, 0) is 32.7 Å². The molecule has 0 aliphatic heterocycles. The molecular formula is C74H136NO8P. The Morgan fingerprint density at radius 1 is 0.381 bits per heavy atom. The molecule has 0 radical (unpaired) electrons. The summed E-state index contributed by atoms with van der Waals surface area (Å²) in [6, 6.07) is 0. The molecule has 0 aromatic carbocycles. The average Bonchev–Trinajstić information content (AvgIpc) is 3.61. The van der Waals surface area contributed by atoms with Gasteiger partial charge in [0.1, 0.15) is 19.8 Å². The Kier molecular flexibility index (Phi) is 62.9. The minimum absolute atomic E-state index is 0.0334. The van der Waals surface area contributed by atoms with Crippen LogP contribution in [0.2, 0.25) is 0 Å². The van der Waals surface area contributed by atoms with Gasteiger partial charge in [-0.3, -0.25) is 14.2 Å². The van der Waals surface area contributed by atoms with Crippen molar-refractivity contribution in [3.63, 3.8) is 0 Å². The molecular weight excluding hydrogens is 1060 g/mol. The lowest BCUT2D eigenvalue weighted by molar-refractivity contribution is -0.870. The second-order valence-electron chi connectivity index (χ2n) is 25.2. The van der Waals surface area contributed by atoms with Gasteiger partial charge in [-0.25, -0.2) is 0 Å². The number of nitrogens with zero attached hydrogens (tertiary/aromatic N) is 1. The van der Waals surface area contributed by atoms with Gasteiger partial charge in [-0.1, -0.05) is 311 Å². The molecule has 0 aliphatic rings. The van der Waals surface area contributed by atoms with Crippen LogP contribution in [-0.4, -0.2) is 70.0 Å². The average molecular weight is 1200 g/mol. The third kappa shape index (κ3) is 68.6. The maximum atomic E-state index is 12.8. The fourth-order valence-electron chi connectivity index (χ4n) is 10.3. The number of ether oxygens (including phenoxy) is 2. The number of rotatable bonds is 66. The van der Waals surface area contributed by atoms with Gasteiger partial charge in [0.15, 0.2) is 6.10 Å². The van der Waals surface area contributed by atoms with Crippen LogP contribution in [0.3, 0.4) is 0 Å². The SMILES string of the molecule is CC/C=C\C/C=C\C/C=C\C/C=C\CCCCCCCCCCC(=O)OC(COC(=O)CCCCCCCCCCCCCCCCCCCCCCCCCCCCC/C=C\C/C=C\CCCCCCC)COP(=O)([O-])OCC[N+](C)(C)C. The third-order valence-corrected chi connectivity index (χ3v) is 16.7. The lowest BCUT2D eigenvalue weighted by Gasteiger charge is -2.28. The van der Waals surface area contributed by atoms with E-state index in [1.807, 2.05) is 21.1 Å². The summed E-state index contributed by atoms with van der Waals surface area (Å²) >= 11 is 0. The number of allylic oxidation sites excluding steroid dienone is 12. The van der Waals surface area contributed by atoms with E-state index in [0.717, 1.165) is 77.0 Å². The smallest absolute Gasteiger partial charge is 0.306 e. The number of esters is 2. The predicted molar refractivity (Wildman–Crippen MR) is 360 cm³/mol. The topological polar surface area (TPSA) is 111 Å². The van der Waals surface area contributed by atoms with Crippen LogP contribution in [0.5, 0.6) is 0 Å². The number of hydrogen-bond donors (Lipinski definition) is 0. The highest BCUT2D eigenvalue weighted by molar-refractivity contribution is 7.45. The zero-order valence-corrected chi connectivity index (χ0v) is 56.7. The fraction of sp³-hybridized carbons (Fsp3) is 0.811. The first-order valence-electron chi connectivity index (χ1n) is 35.6. The van der Waals surface area contributed by atoms with E-state index in [1.165, 1.54) is 225 Å². The first kappa shape index (κ1) is 81.5. The van der Waals surface area contributed by atoms with Crippen LogP contribution < -0.4 is 4.89 Å². The first-order valence-corrected chi connectivity index (χ1v) is 37.1. The zero-order valence-electron chi connectivity index (χ0n) is 55.8. The summed E-state index contributed by atoms with van der Waals surface area (Å²) in [4.78, 5) is 38.0. The second kappa shape index (κ2) is 64.9. The van der Waals surface area contributed by atoms with E-state index in [0.29, 0.717) is 17.4 Å². The van der Waals surface area contributed by atoms with E-state index in [4.69, 9.17) is 18.5 Å². The van der Waals surface area contributed by atoms with Crippen LogP contribution >= 0.6 is 7.82 Å². The van der Waals surface area contributed by atoms with Gasteiger partial charge in [-0.15, -0.1) is 0 Å². The Hall–Kier alpha value is -2.55. The van der Waals surface area contributed by atoms with Crippen molar-refractivity contribution in [2.24, 2.45) is 0 Å². The molecule has 490 valence electrons. The van der Waals surface area contributed by atoms with Crippen LogP contribution in [0.1, 0.15) is 335 Å². The molecule has 0 heterocycles. The number of hydrogen-bond acceptors (Lipinski definition) is 8. The Balaban J connectivity index is 3.92. The van der Waals surface area contributed by atoms with Crippen molar-refractivity contribution < 1.29 is 42.1 Å². The van der Waals surface area contributed by atoms with E-state index < -0.39 is 26.5 Å². The van der Waals surface area contributed by atoms with Gasteiger partial charge < -0.3 is 27.9 Å². The van der Waals surface area contributed by atoms with Crippen molar-refractivity contribution in [3.05, 3.63) is 72.9 Å². The molecule has 0 aromatic heterocycles. The minimum atomic E-state index is -4.64. The fourth-order valence-corrected chi connectivity index (χ4v) is 11.0. The van der Waals surface area contributed by atoms with Crippen molar-refractivity contribution in [3.8, 4) is 0 Å². The van der Waals surface area contributed by atoms with Crippen molar-refractivity contribution in [2.45, 2.75) is 341 Å². The molecule has 84 heavy (non-hydrogen) atoms. The number of phosphoric ester groups is 1. The standard InChI is InChI=1S/C74H136NO8P/c1-6-8-10-12-14-16-18-20-22-24-26-28-29-30-31-32-33-34-35-36-37-38-39-40-41-42-43-44-45-47-48-50-52-54-56-58-60-62-64-66-73(76)80-70-72(71-82-84(78,79)81-69-68-75(3,4)5)83-74(77)67-65-63-61-59-57-55-53-51-49-46-27-25-23-21-19-17-15-13-11-9-7-2/h9,11,15,17-18,20-21,23-24,26-27,46,72H,6-8,10,12-14,16,19,22,25,28-45,47-71H2,1-5H3/b11-9-,17-15-,20-18-,23-21-,26-24-,46-27-. The summed E-state index contributed by atoms with van der Waals surface area (Å²) in [6.45, 7) is 4.15. The molecule has 0 aliphatic carbocycles. The van der Waals surface area contributed by atoms with Crippen LogP contribution in [0.15, 0.2) is 72.9 Å². The number of carbonyl (C=O) groups excluding carboxylic acids is 2. The molecule has 0 rings (SSSR count). The maximum absolute atomic E-state index is 12.8. The normalized spacial score (nSPS) is 13.5. The summed E-state index contributed by atoms with van der Waals surface area (Å²) < 4.78 is 34.3. The van der Waals surface area contributed by atoms with Crippen LogP contribution in [0.25, 0.3) is 0 Å². The summed E-state index contributed by atoms with van der Waals surface area (Å²) in [7, 11) is 1.17. The minimum Gasteiger partial charge on any atom is -0.756 e. The Labute approximate surface area is 520 Å². The van der Waals surface area contributed by atoms with Gasteiger partial charge in [0.25, 0.3) is 7.82 Å². The van der Waals surface area contributed by atoms with E-state index in [1.54, 1.807) is 0 Å². The third-order valence-electron chi connectivity index (χ3n) is 15.7. The van der Waals surface area contributed by atoms with Crippen molar-refractivity contribution in [2.75, 3.05) is 47.5 Å². The second-order valence-corrected chi connectivity index (χ2v) is 26.6. The van der Waals surface area contributed by atoms with Gasteiger partial charge in [0.2, 0.25) is 0 Å². The molecule has 2 atom stereocenters. The van der Waals surface area contributed by atoms with E-state index in [-0.39, 0.29) is 32.0 Å². The molecule has 9 nitrogen and oxygen atoms in total. The van der Waals surface area contributed by atoms with Gasteiger partial charge in [0.05, 0.1) is 27.7 Å². The lowest BCUT2D eigenvalue weighted by Crippen LogP contribution is -2.37. The van der Waals surface area contributed by atoms with E-state index in [9.17, 15) is 19.0 Å². The summed E-state index contributed by atoms with van der Waals surface area (Å²) in [6.07, 6.45) is 87.2. The predicted octanol–water partition coefficient (Wildman–Crippen LogP) is 22.5. The molecule has 0 N–H and O–H groups in total. The largest absolute Gasteiger partial charge is 0.756 e. The molecule has 10 heteroatoms. The number of quaternary nitrogens is 1. The summed E-state index contributed by atoms with van der Waals surface area (Å²) in [5, 5.41) is 0. The van der Waals surface area contributed by atoms with Gasteiger partial charge in [-0.2, -0.15) is 0 Å². The molecule has 0 saturated heterocycles. The van der Waals surface area contributed by atoms with Crippen LogP contribution in [0.4, 0.5) is 0 Å². The Morgan fingerprint density at radius 2 is 0.679 bits per heavy atom. The molecule has 0 bridgehead atoms. The number of unbranched alkanes of at least 4 members (excludes halogenated alkanes) is 40. The first-order chi connectivity index (χ1) is 41.0. The quantitative estimate of drug-likeness (QED) is 0.0195. The van der Waals surface area contributed by atoms with E-state index in [2.05, 4.69) is 86.8 Å².